The Morgan fingerprint density at radius 3 is 2.77 bits per heavy atom. The highest BCUT2D eigenvalue weighted by atomic mass is 35.5. The second-order valence-electron chi connectivity index (χ2n) is 6.32. The van der Waals surface area contributed by atoms with E-state index in [4.69, 9.17) is 4.74 Å². The molecule has 1 atom stereocenters. The summed E-state index contributed by atoms with van der Waals surface area (Å²) in [6, 6.07) is 10.2. The SMILES string of the molecule is CCOCc1ccc(CNC(=O)c2ccn(C3CCCNC3)n2)cc1.Cl. The van der Waals surface area contributed by atoms with Crippen molar-refractivity contribution < 1.29 is 9.53 Å². The first-order valence-corrected chi connectivity index (χ1v) is 8.96. The third kappa shape index (κ3) is 5.56. The minimum Gasteiger partial charge on any atom is -0.377 e. The normalized spacial score (nSPS) is 16.7. The maximum atomic E-state index is 12.3. The standard InChI is InChI=1S/C19H26N4O2.ClH/c1-2-25-14-16-7-5-15(6-8-16)12-21-19(24)18-9-11-23(22-18)17-4-3-10-20-13-17;/h5-9,11,17,20H,2-4,10,12-14H2,1H3,(H,21,24);1H. The van der Waals surface area contributed by atoms with Crippen molar-refractivity contribution in [2.75, 3.05) is 19.7 Å². The van der Waals surface area contributed by atoms with Gasteiger partial charge >= 0.3 is 0 Å². The van der Waals surface area contributed by atoms with Gasteiger partial charge in [-0.2, -0.15) is 5.10 Å². The monoisotopic (exact) mass is 378 g/mol. The number of hydrogen-bond donors (Lipinski definition) is 2. The Balaban J connectivity index is 0.00000243. The van der Waals surface area contributed by atoms with Crippen LogP contribution in [-0.4, -0.2) is 35.4 Å². The Labute approximate surface area is 160 Å². The van der Waals surface area contributed by atoms with Gasteiger partial charge in [0.25, 0.3) is 5.91 Å². The first-order valence-electron chi connectivity index (χ1n) is 8.96. The Kier molecular flexibility index (Phi) is 8.09. The number of ether oxygens (including phenoxy) is 1. The quantitative estimate of drug-likeness (QED) is 0.777. The summed E-state index contributed by atoms with van der Waals surface area (Å²) in [4.78, 5) is 12.3. The van der Waals surface area contributed by atoms with Crippen LogP contribution in [-0.2, 0) is 17.9 Å². The lowest BCUT2D eigenvalue weighted by atomic mass is 10.1. The van der Waals surface area contributed by atoms with Gasteiger partial charge in [0.15, 0.2) is 0 Å². The number of benzene rings is 1. The molecule has 0 bridgehead atoms. The van der Waals surface area contributed by atoms with E-state index in [0.717, 1.165) is 37.1 Å². The molecule has 1 amide bonds. The number of carbonyl (C=O) groups is 1. The number of hydrogen-bond acceptors (Lipinski definition) is 4. The number of rotatable bonds is 7. The zero-order chi connectivity index (χ0) is 17.5. The van der Waals surface area contributed by atoms with Crippen LogP contribution in [0, 0.1) is 0 Å². The molecule has 0 spiro atoms. The highest BCUT2D eigenvalue weighted by Crippen LogP contribution is 2.15. The predicted molar refractivity (Wildman–Crippen MR) is 104 cm³/mol. The summed E-state index contributed by atoms with van der Waals surface area (Å²) in [7, 11) is 0. The van der Waals surface area contributed by atoms with Crippen molar-refractivity contribution in [1.29, 1.82) is 0 Å². The molecule has 1 aliphatic rings. The predicted octanol–water partition coefficient (Wildman–Crippen LogP) is 2.70. The zero-order valence-electron chi connectivity index (χ0n) is 15.1. The van der Waals surface area contributed by atoms with E-state index < -0.39 is 0 Å². The molecule has 1 fully saturated rings. The van der Waals surface area contributed by atoms with Crippen LogP contribution in [0.15, 0.2) is 36.5 Å². The van der Waals surface area contributed by atoms with E-state index in [1.165, 1.54) is 0 Å². The first-order chi connectivity index (χ1) is 12.3. The lowest BCUT2D eigenvalue weighted by molar-refractivity contribution is 0.0944. The van der Waals surface area contributed by atoms with E-state index >= 15 is 0 Å². The lowest BCUT2D eigenvalue weighted by Crippen LogP contribution is -2.32. The van der Waals surface area contributed by atoms with Gasteiger partial charge < -0.3 is 15.4 Å². The Bertz CT molecular complexity index is 681. The fourth-order valence-corrected chi connectivity index (χ4v) is 2.97. The van der Waals surface area contributed by atoms with Crippen molar-refractivity contribution in [3.8, 4) is 0 Å². The van der Waals surface area contributed by atoms with Crippen molar-refractivity contribution in [3.05, 3.63) is 53.3 Å². The van der Waals surface area contributed by atoms with E-state index in [1.54, 1.807) is 6.07 Å². The number of nitrogens with zero attached hydrogens (tertiary/aromatic N) is 2. The Morgan fingerprint density at radius 1 is 1.31 bits per heavy atom. The van der Waals surface area contributed by atoms with Gasteiger partial charge in [-0.05, 0) is 43.5 Å². The van der Waals surface area contributed by atoms with Gasteiger partial charge in [0.05, 0.1) is 12.6 Å². The number of halogens is 1. The molecule has 2 aromatic rings. The smallest absolute Gasteiger partial charge is 0.272 e. The van der Waals surface area contributed by atoms with E-state index in [2.05, 4.69) is 15.7 Å². The van der Waals surface area contributed by atoms with Crippen LogP contribution in [0.25, 0.3) is 0 Å². The van der Waals surface area contributed by atoms with Gasteiger partial charge in [-0.3, -0.25) is 9.48 Å². The second-order valence-corrected chi connectivity index (χ2v) is 6.32. The summed E-state index contributed by atoms with van der Waals surface area (Å²) < 4.78 is 7.29. The first kappa shape index (κ1) is 20.4. The van der Waals surface area contributed by atoms with Crippen molar-refractivity contribution >= 4 is 18.3 Å². The van der Waals surface area contributed by atoms with E-state index in [1.807, 2.05) is 42.1 Å². The molecular weight excluding hydrogens is 352 g/mol. The van der Waals surface area contributed by atoms with Crippen LogP contribution in [0.3, 0.4) is 0 Å². The molecule has 6 nitrogen and oxygen atoms in total. The van der Waals surface area contributed by atoms with Crippen LogP contribution in [0.4, 0.5) is 0 Å². The van der Waals surface area contributed by atoms with Gasteiger partial charge in [-0.15, -0.1) is 12.4 Å². The number of aromatic nitrogens is 2. The maximum Gasteiger partial charge on any atom is 0.272 e. The van der Waals surface area contributed by atoms with Crippen molar-refractivity contribution in [1.82, 2.24) is 20.4 Å². The molecule has 2 N–H and O–H groups in total. The van der Waals surface area contributed by atoms with Crippen LogP contribution >= 0.6 is 12.4 Å². The number of carbonyl (C=O) groups excluding carboxylic acids is 1. The second kappa shape index (κ2) is 10.3. The molecule has 1 unspecified atom stereocenters. The van der Waals surface area contributed by atoms with Crippen LogP contribution in [0.1, 0.15) is 47.4 Å². The number of piperidine rings is 1. The van der Waals surface area contributed by atoms with Crippen LogP contribution < -0.4 is 10.6 Å². The molecule has 1 aliphatic heterocycles. The molecule has 0 saturated carbocycles. The fraction of sp³-hybridized carbons (Fsp3) is 0.474. The maximum absolute atomic E-state index is 12.3. The van der Waals surface area contributed by atoms with Gasteiger partial charge in [0.2, 0.25) is 0 Å². The minimum atomic E-state index is -0.138. The molecule has 3 rings (SSSR count). The van der Waals surface area contributed by atoms with Crippen molar-refractivity contribution in [3.63, 3.8) is 0 Å². The topological polar surface area (TPSA) is 68.2 Å². The van der Waals surface area contributed by atoms with Crippen LogP contribution in [0.5, 0.6) is 0 Å². The van der Waals surface area contributed by atoms with Gasteiger partial charge in [-0.25, -0.2) is 0 Å². The highest BCUT2D eigenvalue weighted by Gasteiger charge is 2.17. The van der Waals surface area contributed by atoms with Crippen molar-refractivity contribution in [2.45, 2.75) is 39.0 Å². The average Bonchev–Trinajstić information content (AvgIpc) is 3.16. The summed E-state index contributed by atoms with van der Waals surface area (Å²) in [5, 5.41) is 10.7. The molecule has 7 heteroatoms. The summed E-state index contributed by atoms with van der Waals surface area (Å²) in [5.41, 5.74) is 2.67. The molecule has 1 aromatic carbocycles. The Hall–Kier alpha value is -1.89. The lowest BCUT2D eigenvalue weighted by Gasteiger charge is -2.22. The summed E-state index contributed by atoms with van der Waals surface area (Å²) >= 11 is 0. The number of nitrogens with one attached hydrogen (secondary N) is 2. The average molecular weight is 379 g/mol. The minimum absolute atomic E-state index is 0. The van der Waals surface area contributed by atoms with Gasteiger partial charge in [0.1, 0.15) is 5.69 Å². The highest BCUT2D eigenvalue weighted by molar-refractivity contribution is 5.92. The molecule has 1 saturated heterocycles. The summed E-state index contributed by atoms with van der Waals surface area (Å²) in [6.07, 6.45) is 4.14. The van der Waals surface area contributed by atoms with Crippen molar-refractivity contribution in [2.24, 2.45) is 0 Å². The third-order valence-corrected chi connectivity index (χ3v) is 4.43. The summed E-state index contributed by atoms with van der Waals surface area (Å²) in [5.74, 6) is -0.138. The van der Waals surface area contributed by atoms with Gasteiger partial charge in [-0.1, -0.05) is 24.3 Å². The zero-order valence-corrected chi connectivity index (χ0v) is 15.9. The van der Waals surface area contributed by atoms with Crippen LogP contribution in [0.2, 0.25) is 0 Å². The molecule has 1 aromatic heterocycles. The van der Waals surface area contributed by atoms with E-state index in [9.17, 15) is 4.79 Å². The molecule has 0 aliphatic carbocycles. The molecule has 2 heterocycles. The molecule has 0 radical (unpaired) electrons. The van der Waals surface area contributed by atoms with E-state index in [-0.39, 0.29) is 18.3 Å². The Morgan fingerprint density at radius 2 is 2.08 bits per heavy atom. The number of amides is 1. The fourth-order valence-electron chi connectivity index (χ4n) is 2.97. The van der Waals surface area contributed by atoms with E-state index in [0.29, 0.717) is 31.5 Å². The molecule has 26 heavy (non-hydrogen) atoms. The molecular formula is C19H27ClN4O2. The van der Waals surface area contributed by atoms with Gasteiger partial charge in [0, 0.05) is 25.9 Å². The largest absolute Gasteiger partial charge is 0.377 e. The molecule has 142 valence electrons. The summed E-state index contributed by atoms with van der Waals surface area (Å²) in [6.45, 7) is 5.78. The third-order valence-electron chi connectivity index (χ3n) is 4.43.